The van der Waals surface area contributed by atoms with Crippen molar-refractivity contribution in [1.82, 2.24) is 0 Å². The second kappa shape index (κ2) is 5.02. The van der Waals surface area contributed by atoms with Gasteiger partial charge in [0.2, 0.25) is 0 Å². The summed E-state index contributed by atoms with van der Waals surface area (Å²) in [6.07, 6.45) is 0.131. The first-order valence-corrected chi connectivity index (χ1v) is 4.45. The van der Waals surface area contributed by atoms with Gasteiger partial charge < -0.3 is 5.32 Å². The maximum atomic E-state index is 10.4. The number of benzene rings is 1. The number of rotatable bonds is 3. The summed E-state index contributed by atoms with van der Waals surface area (Å²) < 4.78 is 0. The number of hydrogen-bond donors (Lipinski definition) is 1. The van der Waals surface area contributed by atoms with Gasteiger partial charge in [-0.15, -0.1) is 0 Å². The van der Waals surface area contributed by atoms with Crippen LogP contribution < -0.4 is 5.32 Å². The Morgan fingerprint density at radius 3 is 2.60 bits per heavy atom. The average Bonchev–Trinajstić information content (AvgIpc) is 2.18. The normalized spacial score (nSPS) is 9.00. The van der Waals surface area contributed by atoms with E-state index in [2.05, 4.69) is 5.32 Å². The predicted molar refractivity (Wildman–Crippen MR) is 59.5 cm³/mol. The zero-order valence-electron chi connectivity index (χ0n) is 7.64. The molecule has 0 aliphatic rings. The van der Waals surface area contributed by atoms with Crippen molar-refractivity contribution in [2.45, 2.75) is 6.42 Å². The van der Waals surface area contributed by atoms with Crippen molar-refractivity contribution in [3.8, 4) is 6.07 Å². The summed E-state index contributed by atoms with van der Waals surface area (Å²) in [6.45, 7) is 0. The van der Waals surface area contributed by atoms with Crippen LogP contribution in [0.1, 0.15) is 6.42 Å². The number of thiocarbonyl (C=S) groups is 1. The molecular weight excluding hydrogens is 214 g/mol. The number of nitrogens with one attached hydrogen (secondary N) is 1. The number of nitriles is 1. The van der Waals surface area contributed by atoms with Gasteiger partial charge in [0, 0.05) is 17.8 Å². The lowest BCUT2D eigenvalue weighted by Crippen LogP contribution is -2.07. The average molecular weight is 221 g/mol. The Morgan fingerprint density at radius 2 is 2.13 bits per heavy atom. The Hall–Kier alpha value is -2.00. The molecule has 0 spiro atoms. The highest BCUT2D eigenvalue weighted by atomic mass is 32.1. The molecule has 0 aliphatic carbocycles. The Bertz CT molecular complexity index is 422. The third-order valence-electron chi connectivity index (χ3n) is 1.60. The van der Waals surface area contributed by atoms with Gasteiger partial charge in [-0.1, -0.05) is 12.2 Å². The molecule has 15 heavy (non-hydrogen) atoms. The molecule has 0 radical (unpaired) electrons. The van der Waals surface area contributed by atoms with Gasteiger partial charge in [0.05, 0.1) is 22.4 Å². The largest absolute Gasteiger partial charge is 0.349 e. The van der Waals surface area contributed by atoms with Gasteiger partial charge in [-0.2, -0.15) is 5.26 Å². The van der Waals surface area contributed by atoms with Crippen molar-refractivity contribution >= 4 is 28.6 Å². The van der Waals surface area contributed by atoms with Crippen molar-refractivity contribution in [2.75, 3.05) is 5.32 Å². The fourth-order valence-corrected chi connectivity index (χ4v) is 1.13. The van der Waals surface area contributed by atoms with Crippen LogP contribution in [-0.4, -0.2) is 9.91 Å². The van der Waals surface area contributed by atoms with E-state index in [1.165, 1.54) is 12.1 Å². The third kappa shape index (κ3) is 3.32. The summed E-state index contributed by atoms with van der Waals surface area (Å²) in [4.78, 5) is 10.3. The minimum Gasteiger partial charge on any atom is -0.349 e. The second-order valence-corrected chi connectivity index (χ2v) is 3.18. The van der Waals surface area contributed by atoms with Crippen molar-refractivity contribution < 1.29 is 4.92 Å². The van der Waals surface area contributed by atoms with Crippen LogP contribution >= 0.6 is 12.2 Å². The molecule has 0 saturated carbocycles. The highest BCUT2D eigenvalue weighted by Crippen LogP contribution is 2.15. The minimum absolute atomic E-state index is 0.0201. The number of hydrogen-bond acceptors (Lipinski definition) is 4. The standard InChI is InChI=1S/C9H7N3O2S/c10-6-5-9(15)11-7-1-3-8(4-2-7)12(13)14/h1-4H,5H2,(H,11,15). The summed E-state index contributed by atoms with van der Waals surface area (Å²) in [7, 11) is 0. The number of nitro benzene ring substituents is 1. The summed E-state index contributed by atoms with van der Waals surface area (Å²) in [5.41, 5.74) is 0.660. The highest BCUT2D eigenvalue weighted by molar-refractivity contribution is 7.80. The molecular formula is C9H7N3O2S. The van der Waals surface area contributed by atoms with E-state index in [0.717, 1.165) is 0 Å². The van der Waals surface area contributed by atoms with E-state index < -0.39 is 4.92 Å². The van der Waals surface area contributed by atoms with Gasteiger partial charge in [0.1, 0.15) is 0 Å². The number of nitrogens with zero attached hydrogens (tertiary/aromatic N) is 2. The molecule has 0 saturated heterocycles. The first kappa shape index (κ1) is 11.1. The monoisotopic (exact) mass is 221 g/mol. The van der Waals surface area contributed by atoms with Gasteiger partial charge in [-0.3, -0.25) is 10.1 Å². The number of anilines is 1. The maximum absolute atomic E-state index is 10.4. The lowest BCUT2D eigenvalue weighted by atomic mass is 10.3. The van der Waals surface area contributed by atoms with E-state index >= 15 is 0 Å². The fourth-order valence-electron chi connectivity index (χ4n) is 0.943. The van der Waals surface area contributed by atoms with E-state index in [0.29, 0.717) is 10.7 Å². The first-order chi connectivity index (χ1) is 7.13. The zero-order valence-corrected chi connectivity index (χ0v) is 8.45. The number of nitro groups is 1. The van der Waals surface area contributed by atoms with Crippen LogP contribution in [0.25, 0.3) is 0 Å². The molecule has 1 aromatic rings. The Morgan fingerprint density at radius 1 is 1.53 bits per heavy atom. The van der Waals surface area contributed by atoms with E-state index in [1.54, 1.807) is 12.1 Å². The first-order valence-electron chi connectivity index (χ1n) is 4.04. The van der Waals surface area contributed by atoms with Crippen molar-refractivity contribution in [2.24, 2.45) is 0 Å². The smallest absolute Gasteiger partial charge is 0.269 e. The summed E-state index contributed by atoms with van der Waals surface area (Å²) in [5.74, 6) is 0. The van der Waals surface area contributed by atoms with Crippen molar-refractivity contribution in [1.29, 1.82) is 5.26 Å². The molecule has 6 heteroatoms. The van der Waals surface area contributed by atoms with Crippen LogP contribution in [0.2, 0.25) is 0 Å². The Kier molecular flexibility index (Phi) is 3.71. The molecule has 0 amide bonds. The van der Waals surface area contributed by atoms with Crippen molar-refractivity contribution in [3.63, 3.8) is 0 Å². The fraction of sp³-hybridized carbons (Fsp3) is 0.111. The van der Waals surface area contributed by atoms with E-state index in [4.69, 9.17) is 17.5 Å². The highest BCUT2D eigenvalue weighted by Gasteiger charge is 2.04. The topological polar surface area (TPSA) is 79.0 Å². The molecule has 76 valence electrons. The van der Waals surface area contributed by atoms with Crippen LogP contribution in [0.5, 0.6) is 0 Å². The molecule has 0 aliphatic heterocycles. The lowest BCUT2D eigenvalue weighted by molar-refractivity contribution is -0.384. The summed E-state index contributed by atoms with van der Waals surface area (Å²) in [5, 5.41) is 21.5. The van der Waals surface area contributed by atoms with E-state index in [1.807, 2.05) is 6.07 Å². The van der Waals surface area contributed by atoms with Crippen LogP contribution in [-0.2, 0) is 0 Å². The predicted octanol–water partition coefficient (Wildman–Crippen LogP) is 2.25. The molecule has 1 N–H and O–H groups in total. The number of non-ortho nitro benzene ring substituents is 1. The molecule has 1 rings (SSSR count). The van der Waals surface area contributed by atoms with Gasteiger partial charge in [0.15, 0.2) is 0 Å². The summed E-state index contributed by atoms with van der Waals surface area (Å²) in [6, 6.07) is 7.74. The lowest BCUT2D eigenvalue weighted by Gasteiger charge is -2.03. The van der Waals surface area contributed by atoms with Crippen LogP contribution in [0, 0.1) is 21.4 Å². The SMILES string of the molecule is N#CCC(=S)Nc1ccc([N+](=O)[O-])cc1. The minimum atomic E-state index is -0.475. The molecule has 0 unspecified atom stereocenters. The van der Waals surface area contributed by atoms with Crippen LogP contribution in [0.3, 0.4) is 0 Å². The van der Waals surface area contributed by atoms with Gasteiger partial charge >= 0.3 is 0 Å². The quantitative estimate of drug-likeness (QED) is 0.481. The van der Waals surface area contributed by atoms with Gasteiger partial charge in [-0.25, -0.2) is 0 Å². The maximum Gasteiger partial charge on any atom is 0.269 e. The van der Waals surface area contributed by atoms with Crippen LogP contribution in [0.4, 0.5) is 11.4 Å². The zero-order chi connectivity index (χ0) is 11.3. The molecule has 0 aromatic heterocycles. The summed E-state index contributed by atoms with van der Waals surface area (Å²) >= 11 is 4.85. The second-order valence-electron chi connectivity index (χ2n) is 2.69. The van der Waals surface area contributed by atoms with Crippen LogP contribution in [0.15, 0.2) is 24.3 Å². The molecule has 0 fully saturated rings. The van der Waals surface area contributed by atoms with Gasteiger partial charge in [0.25, 0.3) is 5.69 Å². The molecule has 1 aromatic carbocycles. The molecule has 0 atom stereocenters. The Labute approximate surface area is 91.5 Å². The van der Waals surface area contributed by atoms with Gasteiger partial charge in [-0.05, 0) is 12.1 Å². The van der Waals surface area contributed by atoms with Crippen molar-refractivity contribution in [3.05, 3.63) is 34.4 Å². The molecule has 0 heterocycles. The van der Waals surface area contributed by atoms with E-state index in [-0.39, 0.29) is 12.1 Å². The molecule has 5 nitrogen and oxygen atoms in total. The molecule has 0 bridgehead atoms. The Balaban J connectivity index is 2.69. The third-order valence-corrected chi connectivity index (χ3v) is 1.85. The van der Waals surface area contributed by atoms with E-state index in [9.17, 15) is 10.1 Å².